The summed E-state index contributed by atoms with van der Waals surface area (Å²) in [6.07, 6.45) is 0. The molecule has 0 aromatic heterocycles. The van der Waals surface area contributed by atoms with E-state index in [1.165, 1.54) is 11.1 Å². The Kier molecular flexibility index (Phi) is 4.83. The fourth-order valence-electron chi connectivity index (χ4n) is 2.41. The van der Waals surface area contributed by atoms with Crippen molar-refractivity contribution >= 4 is 5.91 Å². The van der Waals surface area contributed by atoms with Crippen molar-refractivity contribution in [2.45, 2.75) is 34.3 Å². The highest BCUT2D eigenvalue weighted by atomic mass is 16.5. The third kappa shape index (κ3) is 3.28. The van der Waals surface area contributed by atoms with E-state index < -0.39 is 5.91 Å². The molecule has 0 aliphatic rings. The molecule has 2 N–H and O–H groups in total. The Bertz CT molecular complexity index is 708. The van der Waals surface area contributed by atoms with Gasteiger partial charge in [-0.2, -0.15) is 0 Å². The van der Waals surface area contributed by atoms with E-state index >= 15 is 0 Å². The highest BCUT2D eigenvalue weighted by Gasteiger charge is 2.13. The maximum absolute atomic E-state index is 11.7. The molecule has 0 aliphatic heterocycles. The van der Waals surface area contributed by atoms with E-state index in [4.69, 9.17) is 9.94 Å². The summed E-state index contributed by atoms with van der Waals surface area (Å²) >= 11 is 0. The van der Waals surface area contributed by atoms with Gasteiger partial charge in [0.2, 0.25) is 0 Å². The standard InChI is InChI=1S/C18H21NO3/c1-11-6-5-7-15(18(20)19-21)16(11)10-22-17-9-13(3)12(2)8-14(17)4/h5-9,21H,10H2,1-4H3,(H,19,20). The van der Waals surface area contributed by atoms with Crippen molar-refractivity contribution in [2.75, 3.05) is 0 Å². The van der Waals surface area contributed by atoms with Gasteiger partial charge in [-0.3, -0.25) is 10.0 Å². The Balaban J connectivity index is 2.29. The average Bonchev–Trinajstić information content (AvgIpc) is 2.49. The molecule has 1 amide bonds. The Hall–Kier alpha value is -2.33. The van der Waals surface area contributed by atoms with Gasteiger partial charge in [-0.25, -0.2) is 5.48 Å². The number of hydrogen-bond acceptors (Lipinski definition) is 3. The van der Waals surface area contributed by atoms with E-state index in [2.05, 4.69) is 13.0 Å². The first-order valence-electron chi connectivity index (χ1n) is 7.17. The van der Waals surface area contributed by atoms with Gasteiger partial charge in [0.05, 0.1) is 0 Å². The minimum absolute atomic E-state index is 0.277. The van der Waals surface area contributed by atoms with Gasteiger partial charge in [-0.15, -0.1) is 0 Å². The smallest absolute Gasteiger partial charge is 0.275 e. The van der Waals surface area contributed by atoms with Gasteiger partial charge in [-0.05, 0) is 62.1 Å². The molecule has 0 saturated heterocycles. The second-order valence-electron chi connectivity index (χ2n) is 5.53. The van der Waals surface area contributed by atoms with E-state index in [0.717, 1.165) is 22.4 Å². The molecular weight excluding hydrogens is 278 g/mol. The lowest BCUT2D eigenvalue weighted by atomic mass is 10.0. The zero-order valence-corrected chi connectivity index (χ0v) is 13.4. The predicted octanol–water partition coefficient (Wildman–Crippen LogP) is 3.62. The number of hydroxylamine groups is 1. The van der Waals surface area contributed by atoms with Crippen LogP contribution < -0.4 is 10.2 Å². The number of nitrogens with one attached hydrogen (secondary N) is 1. The average molecular weight is 299 g/mol. The van der Waals surface area contributed by atoms with Crippen molar-refractivity contribution in [1.82, 2.24) is 5.48 Å². The second-order valence-corrected chi connectivity index (χ2v) is 5.53. The van der Waals surface area contributed by atoms with Crippen LogP contribution in [0.3, 0.4) is 0 Å². The third-order valence-corrected chi connectivity index (χ3v) is 3.92. The number of carbonyl (C=O) groups excluding carboxylic acids is 1. The van der Waals surface area contributed by atoms with Crippen LogP contribution in [-0.2, 0) is 6.61 Å². The highest BCUT2D eigenvalue weighted by Crippen LogP contribution is 2.24. The molecule has 0 atom stereocenters. The molecule has 22 heavy (non-hydrogen) atoms. The second kappa shape index (κ2) is 6.62. The molecule has 2 aromatic carbocycles. The number of carbonyl (C=O) groups is 1. The molecule has 0 unspecified atom stereocenters. The van der Waals surface area contributed by atoms with Crippen LogP contribution in [0.2, 0.25) is 0 Å². The maximum atomic E-state index is 11.7. The highest BCUT2D eigenvalue weighted by molar-refractivity contribution is 5.95. The Morgan fingerprint density at radius 1 is 1.05 bits per heavy atom. The van der Waals surface area contributed by atoms with Crippen LogP contribution in [0.25, 0.3) is 0 Å². The van der Waals surface area contributed by atoms with Gasteiger partial charge in [-0.1, -0.05) is 18.2 Å². The molecule has 0 saturated carbocycles. The van der Waals surface area contributed by atoms with Crippen LogP contribution in [0.5, 0.6) is 5.75 Å². The summed E-state index contributed by atoms with van der Waals surface area (Å²) in [7, 11) is 0. The normalized spacial score (nSPS) is 10.4. The first-order valence-corrected chi connectivity index (χ1v) is 7.17. The number of amides is 1. The predicted molar refractivity (Wildman–Crippen MR) is 85.4 cm³/mol. The van der Waals surface area contributed by atoms with Gasteiger partial charge in [0.25, 0.3) is 5.91 Å². The molecule has 0 bridgehead atoms. The largest absolute Gasteiger partial charge is 0.489 e. The number of ether oxygens (including phenoxy) is 1. The molecule has 0 spiro atoms. The zero-order valence-electron chi connectivity index (χ0n) is 13.4. The van der Waals surface area contributed by atoms with Crippen molar-refractivity contribution in [2.24, 2.45) is 0 Å². The lowest BCUT2D eigenvalue weighted by Crippen LogP contribution is -2.21. The Labute approximate surface area is 130 Å². The van der Waals surface area contributed by atoms with Crippen LogP contribution >= 0.6 is 0 Å². The van der Waals surface area contributed by atoms with E-state index in [-0.39, 0.29) is 6.61 Å². The monoisotopic (exact) mass is 299 g/mol. The van der Waals surface area contributed by atoms with Gasteiger partial charge >= 0.3 is 0 Å². The molecule has 0 heterocycles. The zero-order chi connectivity index (χ0) is 16.3. The number of rotatable bonds is 4. The van der Waals surface area contributed by atoms with Crippen LogP contribution in [0.4, 0.5) is 0 Å². The molecular formula is C18H21NO3. The fourth-order valence-corrected chi connectivity index (χ4v) is 2.41. The summed E-state index contributed by atoms with van der Waals surface area (Å²) in [6.45, 7) is 8.30. The van der Waals surface area contributed by atoms with Crippen LogP contribution in [0.15, 0.2) is 30.3 Å². The van der Waals surface area contributed by atoms with E-state index in [0.29, 0.717) is 5.56 Å². The van der Waals surface area contributed by atoms with Crippen molar-refractivity contribution in [3.05, 3.63) is 63.7 Å². The molecule has 116 valence electrons. The molecule has 0 fully saturated rings. The quantitative estimate of drug-likeness (QED) is 0.669. The number of aryl methyl sites for hydroxylation is 4. The third-order valence-electron chi connectivity index (χ3n) is 3.92. The number of hydrogen-bond donors (Lipinski definition) is 2. The van der Waals surface area contributed by atoms with E-state index in [1.807, 2.05) is 32.9 Å². The van der Waals surface area contributed by atoms with E-state index in [9.17, 15) is 4.79 Å². The molecule has 0 radical (unpaired) electrons. The van der Waals surface area contributed by atoms with Crippen molar-refractivity contribution < 1.29 is 14.7 Å². The van der Waals surface area contributed by atoms with Crippen molar-refractivity contribution in [3.63, 3.8) is 0 Å². The number of benzene rings is 2. The molecule has 4 nitrogen and oxygen atoms in total. The summed E-state index contributed by atoms with van der Waals surface area (Å²) in [4.78, 5) is 11.7. The first kappa shape index (κ1) is 16.0. The first-order chi connectivity index (χ1) is 10.4. The Morgan fingerprint density at radius 2 is 1.73 bits per heavy atom. The Morgan fingerprint density at radius 3 is 2.41 bits per heavy atom. The molecule has 4 heteroatoms. The topological polar surface area (TPSA) is 58.6 Å². The lowest BCUT2D eigenvalue weighted by Gasteiger charge is -2.15. The van der Waals surface area contributed by atoms with Crippen molar-refractivity contribution in [1.29, 1.82) is 0 Å². The minimum Gasteiger partial charge on any atom is -0.489 e. The minimum atomic E-state index is -0.529. The lowest BCUT2D eigenvalue weighted by molar-refractivity contribution is 0.0703. The van der Waals surface area contributed by atoms with E-state index in [1.54, 1.807) is 17.6 Å². The summed E-state index contributed by atoms with van der Waals surface area (Å²) in [5, 5.41) is 8.86. The van der Waals surface area contributed by atoms with Crippen molar-refractivity contribution in [3.8, 4) is 5.75 Å². The summed E-state index contributed by atoms with van der Waals surface area (Å²) < 4.78 is 5.91. The summed E-state index contributed by atoms with van der Waals surface area (Å²) in [5.41, 5.74) is 7.27. The molecule has 2 aromatic rings. The van der Waals surface area contributed by atoms with Crippen LogP contribution in [0, 0.1) is 27.7 Å². The van der Waals surface area contributed by atoms with Gasteiger partial charge in [0, 0.05) is 11.1 Å². The van der Waals surface area contributed by atoms with Gasteiger partial charge < -0.3 is 4.74 Å². The fraction of sp³-hybridized carbons (Fsp3) is 0.278. The molecule has 0 aliphatic carbocycles. The molecule has 2 rings (SSSR count). The summed E-state index contributed by atoms with van der Waals surface area (Å²) in [5.74, 6) is 0.279. The van der Waals surface area contributed by atoms with Gasteiger partial charge in [0.15, 0.2) is 0 Å². The summed E-state index contributed by atoms with van der Waals surface area (Å²) in [6, 6.07) is 9.47. The van der Waals surface area contributed by atoms with Crippen LogP contribution in [0.1, 0.15) is 38.2 Å². The SMILES string of the molecule is Cc1cc(C)c(OCc2c(C)cccc2C(=O)NO)cc1C. The maximum Gasteiger partial charge on any atom is 0.275 e. The van der Waals surface area contributed by atoms with Gasteiger partial charge in [0.1, 0.15) is 12.4 Å². The van der Waals surface area contributed by atoms with Crippen LogP contribution in [-0.4, -0.2) is 11.1 Å².